The summed E-state index contributed by atoms with van der Waals surface area (Å²) in [5.74, 6) is -3.37. The van der Waals surface area contributed by atoms with Gasteiger partial charge < -0.3 is 5.11 Å². The highest BCUT2D eigenvalue weighted by molar-refractivity contribution is 5.96. The van der Waals surface area contributed by atoms with E-state index >= 15 is 0 Å². The van der Waals surface area contributed by atoms with Crippen LogP contribution in [-0.2, 0) is 9.59 Å². The Kier molecular flexibility index (Phi) is 5.16. The Labute approximate surface area is 134 Å². The zero-order valence-electron chi connectivity index (χ0n) is 13.1. The Hall–Kier alpha value is -2.63. The molecule has 0 heterocycles. The summed E-state index contributed by atoms with van der Waals surface area (Å²) in [6.45, 7) is 3.78. The molecule has 1 aliphatic carbocycles. The van der Waals surface area contributed by atoms with E-state index in [1.54, 1.807) is 30.3 Å². The van der Waals surface area contributed by atoms with Crippen LogP contribution in [0.15, 0.2) is 41.5 Å². The second-order valence-electron chi connectivity index (χ2n) is 5.83. The first-order chi connectivity index (χ1) is 10.9. The third-order valence-corrected chi connectivity index (χ3v) is 4.26. The Morgan fingerprint density at radius 1 is 0.957 bits per heavy atom. The van der Waals surface area contributed by atoms with Crippen LogP contribution in [0.5, 0.6) is 0 Å². The maximum absolute atomic E-state index is 12.3. The van der Waals surface area contributed by atoms with E-state index < -0.39 is 29.6 Å². The molecule has 122 valence electrons. The Morgan fingerprint density at radius 2 is 1.52 bits per heavy atom. The van der Waals surface area contributed by atoms with E-state index in [-0.39, 0.29) is 0 Å². The molecular formula is C17H20N2O4. The summed E-state index contributed by atoms with van der Waals surface area (Å²) >= 11 is 0. The molecule has 23 heavy (non-hydrogen) atoms. The van der Waals surface area contributed by atoms with Gasteiger partial charge in [0.05, 0.1) is 11.8 Å². The molecule has 6 heteroatoms. The van der Waals surface area contributed by atoms with Crippen LogP contribution in [0, 0.1) is 11.8 Å². The molecule has 2 amide bonds. The molecule has 0 aromatic heterocycles. The van der Waals surface area contributed by atoms with E-state index in [1.807, 2.05) is 13.8 Å². The number of allylic oxidation sites excluding steroid dienone is 2. The molecular weight excluding hydrogens is 296 g/mol. The monoisotopic (exact) mass is 316 g/mol. The van der Waals surface area contributed by atoms with Gasteiger partial charge in [-0.2, -0.15) is 0 Å². The molecule has 0 unspecified atom stereocenters. The summed E-state index contributed by atoms with van der Waals surface area (Å²) in [6, 6.07) is 8.47. The maximum atomic E-state index is 12.3. The smallest absolute Gasteiger partial charge is 0.307 e. The van der Waals surface area contributed by atoms with E-state index in [0.29, 0.717) is 18.4 Å². The van der Waals surface area contributed by atoms with Crippen molar-refractivity contribution in [2.24, 2.45) is 11.8 Å². The molecule has 2 atom stereocenters. The van der Waals surface area contributed by atoms with E-state index in [1.165, 1.54) is 0 Å². The summed E-state index contributed by atoms with van der Waals surface area (Å²) in [5.41, 5.74) is 7.13. The minimum absolute atomic E-state index is 0.353. The maximum Gasteiger partial charge on any atom is 0.307 e. The Bertz CT molecular complexity index is 652. The number of carboxylic acid groups (broad SMARTS) is 1. The molecule has 0 aliphatic heterocycles. The topological polar surface area (TPSA) is 95.5 Å². The molecule has 0 spiro atoms. The number of carbonyl (C=O) groups is 3. The lowest BCUT2D eigenvalue weighted by Crippen LogP contribution is -2.48. The zero-order valence-corrected chi connectivity index (χ0v) is 13.1. The van der Waals surface area contributed by atoms with Crippen molar-refractivity contribution < 1.29 is 19.5 Å². The molecule has 0 saturated heterocycles. The van der Waals surface area contributed by atoms with Crippen molar-refractivity contribution in [3.05, 3.63) is 47.0 Å². The van der Waals surface area contributed by atoms with Gasteiger partial charge in [-0.15, -0.1) is 0 Å². The number of hydrogen-bond acceptors (Lipinski definition) is 3. The summed E-state index contributed by atoms with van der Waals surface area (Å²) in [4.78, 5) is 35.6. The lowest BCUT2D eigenvalue weighted by molar-refractivity contribution is -0.147. The van der Waals surface area contributed by atoms with E-state index in [4.69, 9.17) is 0 Å². The minimum Gasteiger partial charge on any atom is -0.481 e. The van der Waals surface area contributed by atoms with Crippen LogP contribution in [0.4, 0.5) is 0 Å². The summed E-state index contributed by atoms with van der Waals surface area (Å²) in [6.07, 6.45) is 0.738. The number of rotatable bonds is 3. The second-order valence-corrected chi connectivity index (χ2v) is 5.83. The van der Waals surface area contributed by atoms with Gasteiger partial charge in [0.1, 0.15) is 0 Å². The van der Waals surface area contributed by atoms with Gasteiger partial charge in [-0.1, -0.05) is 29.3 Å². The molecule has 0 fully saturated rings. The first kappa shape index (κ1) is 16.7. The number of carbonyl (C=O) groups excluding carboxylic acids is 2. The van der Waals surface area contributed by atoms with E-state index in [0.717, 1.165) is 11.1 Å². The minimum atomic E-state index is -0.994. The van der Waals surface area contributed by atoms with E-state index in [9.17, 15) is 19.5 Å². The lowest BCUT2D eigenvalue weighted by atomic mass is 9.76. The van der Waals surface area contributed by atoms with Crippen molar-refractivity contribution in [3.63, 3.8) is 0 Å². The summed E-state index contributed by atoms with van der Waals surface area (Å²) < 4.78 is 0. The normalized spacial score (nSPS) is 20.8. The van der Waals surface area contributed by atoms with Crippen molar-refractivity contribution in [1.29, 1.82) is 0 Å². The summed E-state index contributed by atoms with van der Waals surface area (Å²) in [5, 5.41) is 9.33. The first-order valence-electron chi connectivity index (χ1n) is 7.43. The van der Waals surface area contributed by atoms with Crippen LogP contribution in [-0.4, -0.2) is 22.9 Å². The fourth-order valence-electron chi connectivity index (χ4n) is 2.70. The third-order valence-electron chi connectivity index (χ3n) is 4.26. The molecule has 3 N–H and O–H groups in total. The average Bonchev–Trinajstić information content (AvgIpc) is 2.55. The Morgan fingerprint density at radius 3 is 2.09 bits per heavy atom. The van der Waals surface area contributed by atoms with Gasteiger partial charge in [0.2, 0.25) is 5.91 Å². The van der Waals surface area contributed by atoms with Gasteiger partial charge >= 0.3 is 5.97 Å². The highest BCUT2D eigenvalue weighted by Gasteiger charge is 2.37. The van der Waals surface area contributed by atoms with Crippen LogP contribution < -0.4 is 10.9 Å². The first-order valence-corrected chi connectivity index (χ1v) is 7.43. The van der Waals surface area contributed by atoms with Gasteiger partial charge in [-0.25, -0.2) is 0 Å². The van der Waals surface area contributed by atoms with Crippen molar-refractivity contribution >= 4 is 17.8 Å². The summed E-state index contributed by atoms with van der Waals surface area (Å²) in [7, 11) is 0. The largest absolute Gasteiger partial charge is 0.481 e. The second kappa shape index (κ2) is 7.09. The third kappa shape index (κ3) is 3.97. The fraction of sp³-hybridized carbons (Fsp3) is 0.353. The number of hydrazine groups is 1. The quantitative estimate of drug-likeness (QED) is 0.586. The number of benzene rings is 1. The number of hydrogen-bond donors (Lipinski definition) is 3. The standard InChI is InChI=1S/C17H20N2O4/c1-10-8-13(14(17(22)23)9-11(10)2)16(21)19-18-15(20)12-6-4-3-5-7-12/h3-7,13-14H,8-9H2,1-2H3,(H,18,20)(H,19,21)(H,22,23)/t13-,14+/m0/s1. The van der Waals surface area contributed by atoms with Crippen LogP contribution in [0.25, 0.3) is 0 Å². The van der Waals surface area contributed by atoms with Crippen LogP contribution >= 0.6 is 0 Å². The highest BCUT2D eigenvalue weighted by atomic mass is 16.4. The van der Waals surface area contributed by atoms with Gasteiger partial charge in [-0.05, 0) is 38.8 Å². The molecule has 0 radical (unpaired) electrons. The fourth-order valence-corrected chi connectivity index (χ4v) is 2.70. The lowest BCUT2D eigenvalue weighted by Gasteiger charge is -2.29. The van der Waals surface area contributed by atoms with Crippen LogP contribution in [0.2, 0.25) is 0 Å². The molecule has 1 aromatic rings. The van der Waals surface area contributed by atoms with Gasteiger partial charge in [0.15, 0.2) is 0 Å². The molecule has 0 saturated carbocycles. The SMILES string of the molecule is CC1=C(C)C[C@@H](C(=O)O)[C@@H](C(=O)NNC(=O)c2ccccc2)C1. The predicted octanol–water partition coefficient (Wildman–Crippen LogP) is 1.89. The average molecular weight is 316 g/mol. The molecule has 6 nitrogen and oxygen atoms in total. The van der Waals surface area contributed by atoms with Crippen LogP contribution in [0.1, 0.15) is 37.0 Å². The molecule has 1 aromatic carbocycles. The van der Waals surface area contributed by atoms with Gasteiger partial charge in [-0.3, -0.25) is 25.2 Å². The van der Waals surface area contributed by atoms with Crippen molar-refractivity contribution in [1.82, 2.24) is 10.9 Å². The molecule has 2 rings (SSSR count). The number of amides is 2. The highest BCUT2D eigenvalue weighted by Crippen LogP contribution is 2.34. The molecule has 1 aliphatic rings. The van der Waals surface area contributed by atoms with Gasteiger partial charge in [0.25, 0.3) is 5.91 Å². The number of nitrogens with one attached hydrogen (secondary N) is 2. The predicted molar refractivity (Wildman–Crippen MR) is 84.3 cm³/mol. The van der Waals surface area contributed by atoms with Crippen molar-refractivity contribution in [2.45, 2.75) is 26.7 Å². The van der Waals surface area contributed by atoms with Crippen LogP contribution in [0.3, 0.4) is 0 Å². The van der Waals surface area contributed by atoms with E-state index in [2.05, 4.69) is 10.9 Å². The number of carboxylic acids is 1. The van der Waals surface area contributed by atoms with Crippen molar-refractivity contribution in [2.75, 3.05) is 0 Å². The Balaban J connectivity index is 2.02. The zero-order chi connectivity index (χ0) is 17.0. The van der Waals surface area contributed by atoms with Crippen molar-refractivity contribution in [3.8, 4) is 0 Å². The number of aliphatic carboxylic acids is 1. The molecule has 0 bridgehead atoms. The van der Waals surface area contributed by atoms with Gasteiger partial charge in [0, 0.05) is 5.56 Å².